The van der Waals surface area contributed by atoms with Crippen molar-refractivity contribution in [3.63, 3.8) is 0 Å². The van der Waals surface area contributed by atoms with Crippen molar-refractivity contribution in [3.05, 3.63) is 0 Å². The minimum atomic E-state index is -0.893. The third-order valence-corrected chi connectivity index (χ3v) is 3.46. The Morgan fingerprint density at radius 2 is 1.00 bits per heavy atom. The summed E-state index contributed by atoms with van der Waals surface area (Å²) in [6.45, 7) is 7.89. The molecule has 22 heavy (non-hydrogen) atoms. The van der Waals surface area contributed by atoms with Crippen molar-refractivity contribution in [2.45, 2.75) is 79.1 Å². The Balaban J connectivity index is -0.000000135. The Hall–Kier alpha value is -0.0730. The number of carboxylic acid groups (broad SMARTS) is 2. The van der Waals surface area contributed by atoms with E-state index < -0.39 is 11.9 Å². The van der Waals surface area contributed by atoms with Crippen molar-refractivity contribution in [1.82, 2.24) is 0 Å². The number of aliphatic carboxylic acids is 2. The number of rotatable bonds is 10. The van der Waals surface area contributed by atoms with Crippen LogP contribution in [0.15, 0.2) is 0 Å². The molecule has 0 saturated heterocycles. The van der Waals surface area contributed by atoms with Crippen LogP contribution in [0.5, 0.6) is 0 Å². The first-order chi connectivity index (χ1) is 9.44. The molecule has 0 amide bonds. The summed E-state index contributed by atoms with van der Waals surface area (Å²) in [7, 11) is 0. The van der Waals surface area contributed by atoms with E-state index in [9.17, 15) is 19.8 Å². The molecule has 2 atom stereocenters. The van der Waals surface area contributed by atoms with E-state index in [1.165, 1.54) is 0 Å². The van der Waals surface area contributed by atoms with Crippen molar-refractivity contribution < 1.29 is 52.8 Å². The van der Waals surface area contributed by atoms with Crippen molar-refractivity contribution in [1.29, 1.82) is 0 Å². The Bertz CT molecular complexity index is 235. The van der Waals surface area contributed by atoms with Gasteiger partial charge in [-0.15, -0.1) is 0 Å². The SMILES string of the molecule is CCCCC(CC)C(=O)[O-].CCCCC(CC)C(=O)[O-].[Ni+2].[Ni+2]. The fraction of sp³-hybridized carbons (Fsp3) is 0.875. The summed E-state index contributed by atoms with van der Waals surface area (Å²) in [5, 5.41) is 20.7. The minimum absolute atomic E-state index is 0. The predicted molar refractivity (Wildman–Crippen MR) is 76.6 cm³/mol. The van der Waals surface area contributed by atoms with Crippen LogP contribution in [0.4, 0.5) is 0 Å². The van der Waals surface area contributed by atoms with Crippen LogP contribution in [-0.4, -0.2) is 11.9 Å². The van der Waals surface area contributed by atoms with Crippen LogP contribution in [0, 0.1) is 11.8 Å². The standard InChI is InChI=1S/2C8H16O2.2Ni/c2*1-3-5-6-7(4-2)8(9)10;;/h2*7H,3-6H2,1-2H3,(H,9,10);;/q;;2*+2/p-2. The van der Waals surface area contributed by atoms with Crippen LogP contribution in [0.2, 0.25) is 0 Å². The monoisotopic (exact) mass is 402 g/mol. The van der Waals surface area contributed by atoms with E-state index in [0.29, 0.717) is 12.8 Å². The molecule has 0 spiro atoms. The number of carbonyl (C=O) groups is 2. The molecule has 0 N–H and O–H groups in total. The predicted octanol–water partition coefficient (Wildman–Crippen LogP) is 1.90. The molecule has 2 unspecified atom stereocenters. The van der Waals surface area contributed by atoms with Crippen molar-refractivity contribution >= 4 is 11.9 Å². The van der Waals surface area contributed by atoms with Crippen LogP contribution in [0.1, 0.15) is 79.1 Å². The summed E-state index contributed by atoms with van der Waals surface area (Å²) < 4.78 is 0. The maximum Gasteiger partial charge on any atom is 2.00 e. The Kier molecular flexibility index (Phi) is 28.4. The topological polar surface area (TPSA) is 80.3 Å². The first kappa shape index (κ1) is 29.9. The molecule has 0 aliphatic heterocycles. The molecule has 0 bridgehead atoms. The van der Waals surface area contributed by atoms with Gasteiger partial charge < -0.3 is 19.8 Å². The fourth-order valence-corrected chi connectivity index (χ4v) is 1.88. The maximum atomic E-state index is 10.3. The van der Waals surface area contributed by atoms with Gasteiger partial charge in [0.1, 0.15) is 0 Å². The molecule has 0 aromatic carbocycles. The molecule has 0 aromatic heterocycles. The third-order valence-electron chi connectivity index (χ3n) is 3.46. The molecular weight excluding hydrogens is 374 g/mol. The van der Waals surface area contributed by atoms with Gasteiger partial charge in [-0.05, 0) is 37.5 Å². The minimum Gasteiger partial charge on any atom is -0.550 e. The summed E-state index contributed by atoms with van der Waals surface area (Å²) in [6, 6.07) is 0. The zero-order valence-corrected chi connectivity index (χ0v) is 16.1. The average Bonchev–Trinajstić information content (AvgIpc) is 2.40. The Morgan fingerprint density at radius 1 is 0.727 bits per heavy atom. The summed E-state index contributed by atoms with van der Waals surface area (Å²) >= 11 is 0. The zero-order chi connectivity index (χ0) is 16.0. The van der Waals surface area contributed by atoms with E-state index in [4.69, 9.17) is 0 Å². The van der Waals surface area contributed by atoms with Crippen LogP contribution >= 0.6 is 0 Å². The second-order valence-electron chi connectivity index (χ2n) is 5.13. The number of hydrogen-bond donors (Lipinski definition) is 0. The van der Waals surface area contributed by atoms with E-state index >= 15 is 0 Å². The van der Waals surface area contributed by atoms with Crippen molar-refractivity contribution in [2.75, 3.05) is 0 Å². The van der Waals surface area contributed by atoms with Gasteiger partial charge in [-0.1, -0.05) is 53.4 Å². The summed E-state index contributed by atoms with van der Waals surface area (Å²) in [5.41, 5.74) is 0. The van der Waals surface area contributed by atoms with Gasteiger partial charge in [0.05, 0.1) is 0 Å². The van der Waals surface area contributed by atoms with E-state index in [-0.39, 0.29) is 44.8 Å². The number of hydrogen-bond acceptors (Lipinski definition) is 4. The first-order valence-electron chi connectivity index (χ1n) is 7.86. The third kappa shape index (κ3) is 18.0. The quantitative estimate of drug-likeness (QED) is 0.522. The number of unbranched alkanes of at least 4 members (excludes halogenated alkanes) is 2. The Labute approximate surface area is 155 Å². The van der Waals surface area contributed by atoms with E-state index in [1.54, 1.807) is 0 Å². The normalized spacial score (nSPS) is 11.8. The second kappa shape index (κ2) is 20.9. The summed E-state index contributed by atoms with van der Waals surface area (Å²) in [4.78, 5) is 20.7. The second-order valence-corrected chi connectivity index (χ2v) is 5.13. The van der Waals surface area contributed by atoms with Gasteiger partial charge in [0.15, 0.2) is 0 Å². The number of carbonyl (C=O) groups excluding carboxylic acids is 2. The van der Waals surface area contributed by atoms with Gasteiger partial charge in [-0.3, -0.25) is 0 Å². The van der Waals surface area contributed by atoms with E-state index in [0.717, 1.165) is 38.5 Å². The molecular formula is C16H30Ni2O4+2. The molecule has 0 rings (SSSR count). The first-order valence-corrected chi connectivity index (χ1v) is 7.86. The summed E-state index contributed by atoms with van der Waals surface area (Å²) in [6.07, 6.45) is 7.04. The maximum absolute atomic E-state index is 10.3. The largest absolute Gasteiger partial charge is 2.00 e. The van der Waals surface area contributed by atoms with E-state index in [2.05, 4.69) is 13.8 Å². The number of carboxylic acids is 2. The van der Waals surface area contributed by atoms with Gasteiger partial charge in [-0.25, -0.2) is 0 Å². The molecule has 0 aliphatic rings. The molecule has 0 heterocycles. The molecule has 0 saturated carbocycles. The van der Waals surface area contributed by atoms with Crippen molar-refractivity contribution in [2.24, 2.45) is 11.8 Å². The average molecular weight is 404 g/mol. The Morgan fingerprint density at radius 3 is 1.14 bits per heavy atom. The van der Waals surface area contributed by atoms with Gasteiger partial charge in [0.2, 0.25) is 0 Å². The molecule has 0 aromatic rings. The van der Waals surface area contributed by atoms with Crippen LogP contribution in [-0.2, 0) is 42.6 Å². The molecule has 6 heteroatoms. The molecule has 0 aliphatic carbocycles. The summed E-state index contributed by atoms with van der Waals surface area (Å²) in [5.74, 6) is -2.23. The zero-order valence-electron chi connectivity index (χ0n) is 14.1. The van der Waals surface area contributed by atoms with Gasteiger partial charge in [-0.2, -0.15) is 0 Å². The van der Waals surface area contributed by atoms with E-state index in [1.807, 2.05) is 13.8 Å². The molecule has 0 fully saturated rings. The van der Waals surface area contributed by atoms with Crippen LogP contribution < -0.4 is 10.2 Å². The van der Waals surface area contributed by atoms with Gasteiger partial charge >= 0.3 is 33.0 Å². The molecule has 0 radical (unpaired) electrons. The van der Waals surface area contributed by atoms with Crippen LogP contribution in [0.25, 0.3) is 0 Å². The fourth-order valence-electron chi connectivity index (χ4n) is 1.88. The molecule has 4 nitrogen and oxygen atoms in total. The molecule has 136 valence electrons. The van der Waals surface area contributed by atoms with Gasteiger partial charge in [0.25, 0.3) is 0 Å². The van der Waals surface area contributed by atoms with Crippen LogP contribution in [0.3, 0.4) is 0 Å². The van der Waals surface area contributed by atoms with Crippen molar-refractivity contribution in [3.8, 4) is 0 Å². The smallest absolute Gasteiger partial charge is 0.550 e. The van der Waals surface area contributed by atoms with Gasteiger partial charge in [0, 0.05) is 11.9 Å².